The fourth-order valence-electron chi connectivity index (χ4n) is 1.74. The first kappa shape index (κ1) is 15.9. The number of benzene rings is 1. The molecule has 1 aromatic heterocycles. The third-order valence-corrected chi connectivity index (χ3v) is 3.50. The molecule has 0 bridgehead atoms. The third-order valence-electron chi connectivity index (χ3n) is 2.67. The lowest BCUT2D eigenvalue weighted by atomic mass is 10.2. The van der Waals surface area contributed by atoms with Crippen LogP contribution in [0.1, 0.15) is 12.5 Å². The van der Waals surface area contributed by atoms with Crippen LogP contribution in [0.3, 0.4) is 0 Å². The SMILES string of the molecule is CCOc1ccc(Nc2ncc(Br)c(OC)n2)cc1CCl. The first-order valence-corrected chi connectivity index (χ1v) is 7.66. The lowest BCUT2D eigenvalue weighted by Gasteiger charge is -2.11. The summed E-state index contributed by atoms with van der Waals surface area (Å²) >= 11 is 9.26. The van der Waals surface area contributed by atoms with Gasteiger partial charge in [-0.05, 0) is 41.1 Å². The van der Waals surface area contributed by atoms with Crippen molar-refractivity contribution in [2.45, 2.75) is 12.8 Å². The fraction of sp³-hybridized carbons (Fsp3) is 0.286. The summed E-state index contributed by atoms with van der Waals surface area (Å²) in [5.74, 6) is 2.07. The Kier molecular flexibility index (Phi) is 5.64. The van der Waals surface area contributed by atoms with Crippen LogP contribution in [0.2, 0.25) is 0 Å². The van der Waals surface area contributed by atoms with Crippen molar-refractivity contribution in [1.29, 1.82) is 0 Å². The molecule has 0 aliphatic carbocycles. The number of methoxy groups -OCH3 is 1. The molecule has 5 nitrogen and oxygen atoms in total. The zero-order chi connectivity index (χ0) is 15.2. The van der Waals surface area contributed by atoms with Gasteiger partial charge in [0.2, 0.25) is 11.8 Å². The second-order valence-corrected chi connectivity index (χ2v) is 5.19. The Labute approximate surface area is 136 Å². The van der Waals surface area contributed by atoms with Crippen molar-refractivity contribution in [3.8, 4) is 11.6 Å². The molecule has 2 aromatic rings. The average Bonchev–Trinajstić information content (AvgIpc) is 2.51. The van der Waals surface area contributed by atoms with Gasteiger partial charge in [-0.2, -0.15) is 4.98 Å². The molecule has 0 atom stereocenters. The largest absolute Gasteiger partial charge is 0.494 e. The van der Waals surface area contributed by atoms with Gasteiger partial charge in [-0.1, -0.05) is 0 Å². The van der Waals surface area contributed by atoms with E-state index in [1.54, 1.807) is 13.3 Å². The molecule has 2 rings (SSSR count). The number of nitrogens with zero attached hydrogens (tertiary/aromatic N) is 2. The number of ether oxygens (including phenoxy) is 2. The Morgan fingerprint density at radius 3 is 2.86 bits per heavy atom. The van der Waals surface area contributed by atoms with E-state index < -0.39 is 0 Å². The van der Waals surface area contributed by atoms with Gasteiger partial charge in [0, 0.05) is 11.3 Å². The number of rotatable bonds is 6. The summed E-state index contributed by atoms with van der Waals surface area (Å²) in [5.41, 5.74) is 1.74. The second-order valence-electron chi connectivity index (χ2n) is 4.06. The number of alkyl halides is 1. The molecule has 7 heteroatoms. The number of hydrogen-bond donors (Lipinski definition) is 1. The normalized spacial score (nSPS) is 10.3. The van der Waals surface area contributed by atoms with Gasteiger partial charge in [0.25, 0.3) is 0 Å². The third kappa shape index (κ3) is 3.98. The molecule has 1 N–H and O–H groups in total. The maximum Gasteiger partial charge on any atom is 0.232 e. The van der Waals surface area contributed by atoms with Crippen LogP contribution in [0.15, 0.2) is 28.9 Å². The monoisotopic (exact) mass is 371 g/mol. The molecule has 0 radical (unpaired) electrons. The van der Waals surface area contributed by atoms with E-state index in [9.17, 15) is 0 Å². The topological polar surface area (TPSA) is 56.3 Å². The summed E-state index contributed by atoms with van der Waals surface area (Å²) in [7, 11) is 1.55. The highest BCUT2D eigenvalue weighted by molar-refractivity contribution is 9.10. The minimum atomic E-state index is 0.370. The highest BCUT2D eigenvalue weighted by Gasteiger charge is 2.08. The van der Waals surface area contributed by atoms with Crippen molar-refractivity contribution in [3.05, 3.63) is 34.4 Å². The van der Waals surface area contributed by atoms with E-state index in [-0.39, 0.29) is 0 Å². The van der Waals surface area contributed by atoms with Gasteiger partial charge in [0.1, 0.15) is 5.75 Å². The average molecular weight is 373 g/mol. The molecule has 0 saturated carbocycles. The van der Waals surface area contributed by atoms with Gasteiger partial charge in [-0.25, -0.2) is 4.98 Å². The number of aromatic nitrogens is 2. The zero-order valence-electron chi connectivity index (χ0n) is 11.7. The molecule has 0 fully saturated rings. The van der Waals surface area contributed by atoms with Crippen LogP contribution < -0.4 is 14.8 Å². The van der Waals surface area contributed by atoms with E-state index in [1.165, 1.54) is 0 Å². The van der Waals surface area contributed by atoms with Gasteiger partial charge >= 0.3 is 0 Å². The first-order valence-electron chi connectivity index (χ1n) is 6.33. The maximum absolute atomic E-state index is 5.95. The van der Waals surface area contributed by atoms with E-state index in [0.717, 1.165) is 17.0 Å². The van der Waals surface area contributed by atoms with E-state index in [1.807, 2.05) is 25.1 Å². The fourth-order valence-corrected chi connectivity index (χ4v) is 2.30. The van der Waals surface area contributed by atoms with E-state index in [2.05, 4.69) is 31.2 Å². The second kappa shape index (κ2) is 7.47. The highest BCUT2D eigenvalue weighted by Crippen LogP contribution is 2.27. The van der Waals surface area contributed by atoms with Crippen molar-refractivity contribution in [1.82, 2.24) is 9.97 Å². The van der Waals surface area contributed by atoms with Crippen molar-refractivity contribution in [3.63, 3.8) is 0 Å². The lowest BCUT2D eigenvalue weighted by molar-refractivity contribution is 0.337. The predicted octanol–water partition coefficient (Wildman–Crippen LogP) is 4.13. The molecule has 0 saturated heterocycles. The van der Waals surface area contributed by atoms with Gasteiger partial charge in [-0.15, -0.1) is 11.6 Å². The van der Waals surface area contributed by atoms with Crippen LogP contribution in [0.4, 0.5) is 11.6 Å². The van der Waals surface area contributed by atoms with Crippen LogP contribution in [0.25, 0.3) is 0 Å². The molecular weight excluding hydrogens is 358 g/mol. The minimum Gasteiger partial charge on any atom is -0.494 e. The summed E-state index contributed by atoms with van der Waals surface area (Å²) in [6.45, 7) is 2.54. The molecule has 0 aliphatic heterocycles. The van der Waals surface area contributed by atoms with Crippen LogP contribution >= 0.6 is 27.5 Å². The number of anilines is 2. The highest BCUT2D eigenvalue weighted by atomic mass is 79.9. The van der Waals surface area contributed by atoms with Crippen LogP contribution in [0, 0.1) is 0 Å². The Hall–Kier alpha value is -1.53. The maximum atomic E-state index is 5.95. The van der Waals surface area contributed by atoms with Gasteiger partial charge in [0.05, 0.1) is 30.3 Å². The first-order chi connectivity index (χ1) is 10.2. The van der Waals surface area contributed by atoms with Gasteiger partial charge in [0.15, 0.2) is 0 Å². The summed E-state index contributed by atoms with van der Waals surface area (Å²) in [4.78, 5) is 8.43. The predicted molar refractivity (Wildman–Crippen MR) is 86.7 cm³/mol. The van der Waals surface area contributed by atoms with Crippen LogP contribution in [-0.2, 0) is 5.88 Å². The summed E-state index contributed by atoms with van der Waals surface area (Å²) in [6, 6.07) is 5.68. The van der Waals surface area contributed by atoms with Crippen LogP contribution in [-0.4, -0.2) is 23.7 Å². The molecule has 21 heavy (non-hydrogen) atoms. The number of hydrogen-bond acceptors (Lipinski definition) is 5. The Balaban J connectivity index is 2.23. The zero-order valence-corrected chi connectivity index (χ0v) is 14.0. The van der Waals surface area contributed by atoms with Crippen molar-refractivity contribution in [2.75, 3.05) is 19.0 Å². The Morgan fingerprint density at radius 1 is 1.38 bits per heavy atom. The molecule has 112 valence electrons. The van der Waals surface area contributed by atoms with Gasteiger partial charge in [-0.3, -0.25) is 0 Å². The Morgan fingerprint density at radius 2 is 2.19 bits per heavy atom. The number of nitrogens with one attached hydrogen (secondary N) is 1. The van der Waals surface area contributed by atoms with Crippen molar-refractivity contribution >= 4 is 39.2 Å². The van der Waals surface area contributed by atoms with E-state index in [4.69, 9.17) is 21.1 Å². The summed E-state index contributed by atoms with van der Waals surface area (Å²) in [6.07, 6.45) is 1.63. The summed E-state index contributed by atoms with van der Waals surface area (Å²) in [5, 5.41) is 3.11. The van der Waals surface area contributed by atoms with Crippen molar-refractivity contribution in [2.24, 2.45) is 0 Å². The quantitative estimate of drug-likeness (QED) is 0.773. The molecule has 0 aliphatic rings. The Bertz CT molecular complexity index is 625. The smallest absolute Gasteiger partial charge is 0.232 e. The van der Waals surface area contributed by atoms with E-state index in [0.29, 0.717) is 28.8 Å². The van der Waals surface area contributed by atoms with Crippen molar-refractivity contribution < 1.29 is 9.47 Å². The molecule has 1 aromatic carbocycles. The summed E-state index contributed by atoms with van der Waals surface area (Å²) < 4.78 is 11.4. The number of halogens is 2. The molecule has 0 unspecified atom stereocenters. The minimum absolute atomic E-state index is 0.370. The standard InChI is InChI=1S/C14H15BrClN3O2/c1-3-21-12-5-4-10(6-9(12)7-16)18-14-17-8-11(15)13(19-14)20-2/h4-6,8H,3,7H2,1-2H3,(H,17,18,19). The van der Waals surface area contributed by atoms with E-state index >= 15 is 0 Å². The van der Waals surface area contributed by atoms with Crippen LogP contribution in [0.5, 0.6) is 11.6 Å². The molecule has 1 heterocycles. The van der Waals surface area contributed by atoms with Gasteiger partial charge < -0.3 is 14.8 Å². The molecule has 0 amide bonds. The lowest BCUT2D eigenvalue weighted by Crippen LogP contribution is -2.01. The molecule has 0 spiro atoms. The molecular formula is C14H15BrClN3O2.